The number of carbonyl (C=O) groups excluding carboxylic acids is 2. The predicted molar refractivity (Wildman–Crippen MR) is 193 cm³/mol. The molecule has 1 aliphatic carbocycles. The molecule has 0 atom stereocenters. The van der Waals surface area contributed by atoms with Crippen LogP contribution in [-0.4, -0.2) is 109 Å². The average Bonchev–Trinajstić information content (AvgIpc) is 3.05. The van der Waals surface area contributed by atoms with Crippen LogP contribution in [0.25, 0.3) is 16.0 Å². The van der Waals surface area contributed by atoms with Crippen LogP contribution in [0.5, 0.6) is 0 Å². The summed E-state index contributed by atoms with van der Waals surface area (Å²) in [6.07, 6.45) is 8.97. The van der Waals surface area contributed by atoms with Gasteiger partial charge < -0.3 is 34.3 Å². The Bertz CT molecular complexity index is 1820. The zero-order chi connectivity index (χ0) is 35.1. The number of amides is 1. The third-order valence-electron chi connectivity index (χ3n) is 9.78. The summed E-state index contributed by atoms with van der Waals surface area (Å²) in [5.74, 6) is -1.60. The fourth-order valence-electron chi connectivity index (χ4n) is 6.76. The first-order valence-electron chi connectivity index (χ1n) is 17.3. The molecule has 0 bridgehead atoms. The molecule has 1 amide bonds. The van der Waals surface area contributed by atoms with Gasteiger partial charge in [0.2, 0.25) is 0 Å². The highest BCUT2D eigenvalue weighted by molar-refractivity contribution is 6.98. The second-order valence-corrected chi connectivity index (χ2v) is 17.6. The number of carbonyl (C=O) groups is 2. The summed E-state index contributed by atoms with van der Waals surface area (Å²) in [7, 11) is -2.22. The van der Waals surface area contributed by atoms with Crippen LogP contribution in [0, 0.1) is 0 Å². The van der Waals surface area contributed by atoms with E-state index in [1.807, 2.05) is 0 Å². The Morgan fingerprint density at radius 2 is 1.70 bits per heavy atom. The van der Waals surface area contributed by atoms with Crippen molar-refractivity contribution in [3.8, 4) is 0 Å². The summed E-state index contributed by atoms with van der Waals surface area (Å²) >= 11 is 0. The normalized spacial score (nSPS) is 17.2. The molecule has 0 saturated carbocycles. The number of hydrogen-bond acceptors (Lipinski definition) is 8. The van der Waals surface area contributed by atoms with Crippen molar-refractivity contribution in [2.45, 2.75) is 25.9 Å². The van der Waals surface area contributed by atoms with Crippen molar-refractivity contribution in [2.75, 3.05) is 83.8 Å². The topological polar surface area (TPSA) is 152 Å². The SMILES string of the molecule is C[Si]1(C)C2=CC(=[N+]3CCC3)C=CC2=C(c2cc(C(=O)NCCOCCOCCOCCN=[N+]=[N-])ccc2C(=O)[O-])c2ccc(N3CCC3)cc21. The first kappa shape index (κ1) is 35.3. The number of aromatic carboxylic acids is 1. The van der Waals surface area contributed by atoms with Crippen LogP contribution < -0.4 is 20.5 Å². The fraction of sp³-hybridized carbons (Fsp3) is 0.432. The lowest BCUT2D eigenvalue weighted by molar-refractivity contribution is -0.582. The molecule has 2 aromatic carbocycles. The Kier molecular flexibility index (Phi) is 11.3. The van der Waals surface area contributed by atoms with Gasteiger partial charge in [-0.2, -0.15) is 0 Å². The third-order valence-corrected chi connectivity index (χ3v) is 13.3. The van der Waals surface area contributed by atoms with Crippen LogP contribution in [-0.2, 0) is 14.2 Å². The highest BCUT2D eigenvalue weighted by Gasteiger charge is 2.41. The zero-order valence-electron chi connectivity index (χ0n) is 28.8. The quantitative estimate of drug-likeness (QED) is 0.0708. The Balaban J connectivity index is 1.21. The van der Waals surface area contributed by atoms with Gasteiger partial charge in [0.25, 0.3) is 5.91 Å². The van der Waals surface area contributed by atoms with E-state index in [9.17, 15) is 14.7 Å². The lowest BCUT2D eigenvalue weighted by Gasteiger charge is -2.40. The van der Waals surface area contributed by atoms with Crippen molar-refractivity contribution in [3.05, 3.63) is 98.1 Å². The number of anilines is 1. The van der Waals surface area contributed by atoms with E-state index in [0.29, 0.717) is 44.2 Å². The molecule has 2 saturated heterocycles. The average molecular weight is 697 g/mol. The van der Waals surface area contributed by atoms with E-state index < -0.39 is 14.0 Å². The molecule has 3 heterocycles. The summed E-state index contributed by atoms with van der Waals surface area (Å²) in [6, 6.07) is 11.3. The van der Waals surface area contributed by atoms with Gasteiger partial charge in [0.1, 0.15) is 21.2 Å². The van der Waals surface area contributed by atoms with E-state index in [1.54, 1.807) is 6.07 Å². The molecule has 0 radical (unpaired) electrons. The summed E-state index contributed by atoms with van der Waals surface area (Å²) in [4.78, 5) is 31.0. The van der Waals surface area contributed by atoms with Gasteiger partial charge in [-0.3, -0.25) is 4.79 Å². The minimum Gasteiger partial charge on any atom is -0.545 e. The number of rotatable bonds is 16. The molecule has 2 fully saturated rings. The number of ether oxygens (including phenoxy) is 3. The summed E-state index contributed by atoms with van der Waals surface area (Å²) in [5, 5.41) is 21.4. The van der Waals surface area contributed by atoms with Crippen molar-refractivity contribution in [2.24, 2.45) is 5.11 Å². The molecule has 6 rings (SSSR count). The second kappa shape index (κ2) is 16.0. The van der Waals surface area contributed by atoms with Gasteiger partial charge in [0.15, 0.2) is 5.71 Å². The number of hydrogen-bond donors (Lipinski definition) is 1. The van der Waals surface area contributed by atoms with Gasteiger partial charge in [0.05, 0.1) is 52.0 Å². The molecular formula is C37H44N6O6Si. The predicted octanol–water partition coefficient (Wildman–Crippen LogP) is 2.97. The lowest BCUT2D eigenvalue weighted by Crippen LogP contribution is -2.50. The maximum atomic E-state index is 13.4. The van der Waals surface area contributed by atoms with E-state index in [1.165, 1.54) is 46.8 Å². The van der Waals surface area contributed by atoms with E-state index in [0.717, 1.165) is 42.9 Å². The Hall–Kier alpha value is -4.52. The molecule has 2 aromatic rings. The third kappa shape index (κ3) is 7.62. The minimum absolute atomic E-state index is 0.0536. The number of nitrogens with zero attached hydrogens (tertiary/aromatic N) is 5. The van der Waals surface area contributed by atoms with Crippen LogP contribution in [0.1, 0.15) is 44.7 Å². The van der Waals surface area contributed by atoms with E-state index in [4.69, 9.17) is 19.7 Å². The van der Waals surface area contributed by atoms with Crippen LogP contribution >= 0.6 is 0 Å². The lowest BCUT2D eigenvalue weighted by atomic mass is 9.86. The number of carboxylic acids is 1. The minimum atomic E-state index is -2.22. The number of nitrogens with one attached hydrogen (secondary N) is 1. The maximum absolute atomic E-state index is 13.4. The molecular weight excluding hydrogens is 653 g/mol. The highest BCUT2D eigenvalue weighted by atomic mass is 28.3. The number of azide groups is 1. The maximum Gasteiger partial charge on any atom is 0.251 e. The first-order valence-corrected chi connectivity index (χ1v) is 20.3. The molecule has 0 aromatic heterocycles. The van der Waals surface area contributed by atoms with E-state index in [-0.39, 0.29) is 31.2 Å². The van der Waals surface area contributed by atoms with Gasteiger partial charge >= 0.3 is 0 Å². The molecule has 1 N–H and O–H groups in total. The Morgan fingerprint density at radius 3 is 2.36 bits per heavy atom. The monoisotopic (exact) mass is 696 g/mol. The van der Waals surface area contributed by atoms with E-state index >= 15 is 0 Å². The number of fused-ring (bicyclic) bond motifs is 2. The van der Waals surface area contributed by atoms with Crippen molar-refractivity contribution in [3.63, 3.8) is 0 Å². The summed E-state index contributed by atoms with van der Waals surface area (Å²) < 4.78 is 18.7. The van der Waals surface area contributed by atoms with Crippen LogP contribution in [0.3, 0.4) is 0 Å². The molecule has 50 heavy (non-hydrogen) atoms. The summed E-state index contributed by atoms with van der Waals surface area (Å²) in [6.45, 7) is 11.6. The first-order chi connectivity index (χ1) is 24.3. The van der Waals surface area contributed by atoms with Gasteiger partial charge in [-0.25, -0.2) is 4.58 Å². The van der Waals surface area contributed by atoms with Gasteiger partial charge in [-0.1, -0.05) is 30.3 Å². The van der Waals surface area contributed by atoms with Gasteiger partial charge in [-0.05, 0) is 74.9 Å². The summed E-state index contributed by atoms with van der Waals surface area (Å²) in [5.41, 5.74) is 14.4. The van der Waals surface area contributed by atoms with E-state index in [2.05, 4.69) is 74.3 Å². The van der Waals surface area contributed by atoms with Crippen molar-refractivity contribution in [1.29, 1.82) is 0 Å². The standard InChI is InChI=1S/C37H44N6O6Si/c1-50(2)33-24-27(42-13-3-14-42)6-9-30(33)35(31-10-7-28(25-34(31)50)43-15-4-16-43)32-23-26(5-8-29(32)37(45)46)36(44)39-11-17-47-19-21-49-22-20-48-18-12-40-41-38/h5-10,23-25H,3-4,11-22H2,1-2H3,(H-,39,44,45,46). The molecule has 3 aliphatic heterocycles. The zero-order valence-corrected chi connectivity index (χ0v) is 29.8. The smallest absolute Gasteiger partial charge is 0.251 e. The van der Waals surface area contributed by atoms with Crippen LogP contribution in [0.15, 0.2) is 70.5 Å². The largest absolute Gasteiger partial charge is 0.545 e. The molecule has 0 spiro atoms. The number of carboxylic acid groups (broad SMARTS) is 1. The van der Waals surface area contributed by atoms with Crippen LogP contribution in [0.2, 0.25) is 13.1 Å². The van der Waals surface area contributed by atoms with Crippen molar-refractivity contribution in [1.82, 2.24) is 5.32 Å². The molecule has 13 heteroatoms. The Morgan fingerprint density at radius 1 is 0.960 bits per heavy atom. The second-order valence-electron chi connectivity index (χ2n) is 13.2. The highest BCUT2D eigenvalue weighted by Crippen LogP contribution is 2.43. The van der Waals surface area contributed by atoms with Gasteiger partial charge in [0, 0.05) is 60.1 Å². The van der Waals surface area contributed by atoms with Gasteiger partial charge in [-0.15, -0.1) is 0 Å². The van der Waals surface area contributed by atoms with Crippen molar-refractivity contribution >= 4 is 42.1 Å². The molecule has 4 aliphatic rings. The molecule has 262 valence electrons. The van der Waals surface area contributed by atoms with Crippen LogP contribution in [0.4, 0.5) is 5.69 Å². The Labute approximate surface area is 293 Å². The molecule has 12 nitrogen and oxygen atoms in total. The number of allylic oxidation sites excluding steroid dienone is 5. The molecule has 0 unspecified atom stereocenters. The number of benzene rings is 2. The fourth-order valence-corrected chi connectivity index (χ4v) is 9.83. The van der Waals surface area contributed by atoms with Crippen molar-refractivity contribution < 1.29 is 33.5 Å².